The lowest BCUT2D eigenvalue weighted by atomic mass is 9.96. The van der Waals surface area contributed by atoms with Gasteiger partial charge in [0.2, 0.25) is 5.89 Å². The highest BCUT2D eigenvalue weighted by Crippen LogP contribution is 2.28. The second-order valence-corrected chi connectivity index (χ2v) is 5.54. The number of nitrogens with one attached hydrogen (secondary N) is 1. The van der Waals surface area contributed by atoms with Crippen LogP contribution in [0.1, 0.15) is 43.8 Å². The molecule has 0 saturated carbocycles. The Labute approximate surface area is 107 Å². The maximum atomic E-state index is 5.54. The minimum atomic E-state index is 0.297. The Bertz CT molecular complexity index is 387. The molecule has 0 radical (unpaired) electrons. The molecule has 1 aromatic rings. The molecule has 0 aromatic carbocycles. The van der Waals surface area contributed by atoms with E-state index in [4.69, 9.17) is 9.26 Å². The Morgan fingerprint density at radius 2 is 2.39 bits per heavy atom. The lowest BCUT2D eigenvalue weighted by Crippen LogP contribution is -2.31. The number of nitrogens with zero attached hydrogens (tertiary/aromatic N) is 2. The van der Waals surface area contributed by atoms with Gasteiger partial charge in [-0.25, -0.2) is 0 Å². The second-order valence-electron chi connectivity index (χ2n) is 5.54. The maximum absolute atomic E-state index is 5.54. The number of rotatable bonds is 3. The second kappa shape index (κ2) is 5.36. The maximum Gasteiger partial charge on any atom is 0.232 e. The number of hydrogen-bond acceptors (Lipinski definition) is 5. The lowest BCUT2D eigenvalue weighted by molar-refractivity contribution is 0.122. The van der Waals surface area contributed by atoms with Crippen molar-refractivity contribution < 1.29 is 9.26 Å². The van der Waals surface area contributed by atoms with E-state index >= 15 is 0 Å². The van der Waals surface area contributed by atoms with Gasteiger partial charge in [0.05, 0.1) is 18.6 Å². The van der Waals surface area contributed by atoms with Crippen LogP contribution in [0, 0.1) is 5.92 Å². The Morgan fingerprint density at radius 1 is 1.44 bits per heavy atom. The fraction of sp³-hybridized carbons (Fsp3) is 0.846. The molecule has 0 aliphatic carbocycles. The van der Waals surface area contributed by atoms with Crippen LogP contribution in [0.3, 0.4) is 0 Å². The molecule has 2 fully saturated rings. The first-order valence-electron chi connectivity index (χ1n) is 6.96. The number of piperidine rings is 1. The first kappa shape index (κ1) is 12.1. The fourth-order valence-electron chi connectivity index (χ4n) is 2.86. The van der Waals surface area contributed by atoms with Crippen LogP contribution >= 0.6 is 0 Å². The Kier molecular flexibility index (Phi) is 3.61. The van der Waals surface area contributed by atoms with Crippen LogP contribution in [-0.2, 0) is 11.2 Å². The molecule has 5 heteroatoms. The molecule has 1 aromatic heterocycles. The van der Waals surface area contributed by atoms with Crippen LogP contribution in [0.4, 0.5) is 0 Å². The van der Waals surface area contributed by atoms with Gasteiger partial charge in [0.15, 0.2) is 5.82 Å². The summed E-state index contributed by atoms with van der Waals surface area (Å²) in [6.07, 6.45) is 4.75. The Hall–Kier alpha value is -0.940. The minimum absolute atomic E-state index is 0.297. The summed E-state index contributed by atoms with van der Waals surface area (Å²) in [4.78, 5) is 4.54. The predicted octanol–water partition coefficient (Wildman–Crippen LogP) is 1.50. The van der Waals surface area contributed by atoms with Gasteiger partial charge in [-0.05, 0) is 45.2 Å². The van der Waals surface area contributed by atoms with Crippen molar-refractivity contribution in [3.05, 3.63) is 11.7 Å². The molecule has 0 spiro atoms. The number of aromatic nitrogens is 2. The summed E-state index contributed by atoms with van der Waals surface area (Å²) in [7, 11) is 0. The van der Waals surface area contributed by atoms with E-state index in [1.807, 2.05) is 0 Å². The third-order valence-corrected chi connectivity index (χ3v) is 3.90. The topological polar surface area (TPSA) is 60.2 Å². The number of hydrogen-bond donors (Lipinski definition) is 1. The third-order valence-electron chi connectivity index (χ3n) is 3.90. The van der Waals surface area contributed by atoms with Crippen molar-refractivity contribution in [2.45, 2.75) is 44.6 Å². The van der Waals surface area contributed by atoms with Crippen molar-refractivity contribution in [2.75, 3.05) is 19.7 Å². The summed E-state index contributed by atoms with van der Waals surface area (Å²) in [5.41, 5.74) is 0. The quantitative estimate of drug-likeness (QED) is 0.882. The molecule has 2 saturated heterocycles. The zero-order valence-electron chi connectivity index (χ0n) is 10.9. The fourth-order valence-corrected chi connectivity index (χ4v) is 2.86. The zero-order chi connectivity index (χ0) is 12.4. The molecule has 0 bridgehead atoms. The van der Waals surface area contributed by atoms with Crippen LogP contribution < -0.4 is 5.32 Å². The van der Waals surface area contributed by atoms with Gasteiger partial charge in [-0.15, -0.1) is 0 Å². The average Bonchev–Trinajstić information content (AvgIpc) is 2.99. The summed E-state index contributed by atoms with van der Waals surface area (Å²) >= 11 is 0. The highest BCUT2D eigenvalue weighted by Gasteiger charge is 2.28. The smallest absolute Gasteiger partial charge is 0.232 e. The predicted molar refractivity (Wildman–Crippen MR) is 66.4 cm³/mol. The molecule has 1 N–H and O–H groups in total. The van der Waals surface area contributed by atoms with Crippen LogP contribution in [0.15, 0.2) is 4.52 Å². The molecule has 3 rings (SSSR count). The average molecular weight is 251 g/mol. The minimum Gasteiger partial charge on any atom is -0.378 e. The standard InChI is InChI=1S/C13H21N3O2/c1-9-5-11(8-17-9)13-15-12(16-18-13)6-10-3-2-4-14-7-10/h9-11,14H,2-8H2,1H3. The van der Waals surface area contributed by atoms with Crippen LogP contribution in [-0.4, -0.2) is 35.9 Å². The van der Waals surface area contributed by atoms with Crippen LogP contribution in [0.25, 0.3) is 0 Å². The lowest BCUT2D eigenvalue weighted by Gasteiger charge is -2.20. The van der Waals surface area contributed by atoms with E-state index < -0.39 is 0 Å². The van der Waals surface area contributed by atoms with E-state index in [1.54, 1.807) is 0 Å². The summed E-state index contributed by atoms with van der Waals surface area (Å²) in [5.74, 6) is 2.57. The molecule has 2 aliphatic rings. The van der Waals surface area contributed by atoms with Gasteiger partial charge in [-0.2, -0.15) is 4.98 Å². The van der Waals surface area contributed by atoms with Gasteiger partial charge in [0, 0.05) is 6.42 Å². The van der Waals surface area contributed by atoms with Crippen LogP contribution in [0.5, 0.6) is 0 Å². The molecule has 100 valence electrons. The van der Waals surface area contributed by atoms with E-state index in [0.29, 0.717) is 24.5 Å². The Morgan fingerprint density at radius 3 is 3.11 bits per heavy atom. The SMILES string of the molecule is CC1CC(c2nc(CC3CCCNC3)no2)CO1. The van der Waals surface area contributed by atoms with Gasteiger partial charge >= 0.3 is 0 Å². The van der Waals surface area contributed by atoms with Gasteiger partial charge in [-0.3, -0.25) is 0 Å². The van der Waals surface area contributed by atoms with Crippen molar-refractivity contribution in [3.63, 3.8) is 0 Å². The molecule has 3 heterocycles. The first-order valence-corrected chi connectivity index (χ1v) is 6.96. The van der Waals surface area contributed by atoms with Gasteiger partial charge in [-0.1, -0.05) is 5.16 Å². The molecule has 2 aliphatic heterocycles. The highest BCUT2D eigenvalue weighted by atomic mass is 16.5. The number of ether oxygens (including phenoxy) is 1. The van der Waals surface area contributed by atoms with E-state index in [0.717, 1.165) is 37.6 Å². The van der Waals surface area contributed by atoms with Crippen molar-refractivity contribution in [2.24, 2.45) is 5.92 Å². The molecular formula is C13H21N3O2. The summed E-state index contributed by atoms with van der Waals surface area (Å²) in [6.45, 7) is 5.03. The van der Waals surface area contributed by atoms with E-state index in [-0.39, 0.29) is 0 Å². The van der Waals surface area contributed by atoms with Crippen molar-refractivity contribution in [1.82, 2.24) is 15.5 Å². The van der Waals surface area contributed by atoms with Crippen molar-refractivity contribution in [3.8, 4) is 0 Å². The van der Waals surface area contributed by atoms with E-state index in [2.05, 4.69) is 22.4 Å². The summed E-state index contributed by atoms with van der Waals surface area (Å²) < 4.78 is 10.9. The van der Waals surface area contributed by atoms with Gasteiger partial charge in [0.1, 0.15) is 0 Å². The molecule has 5 nitrogen and oxygen atoms in total. The molecule has 0 amide bonds. The van der Waals surface area contributed by atoms with Crippen LogP contribution in [0.2, 0.25) is 0 Å². The summed E-state index contributed by atoms with van der Waals surface area (Å²) in [5, 5.41) is 7.53. The third kappa shape index (κ3) is 2.72. The monoisotopic (exact) mass is 251 g/mol. The first-order chi connectivity index (χ1) is 8.81. The normalized spacial score (nSPS) is 32.8. The van der Waals surface area contributed by atoms with Crippen molar-refractivity contribution in [1.29, 1.82) is 0 Å². The van der Waals surface area contributed by atoms with E-state index in [9.17, 15) is 0 Å². The summed E-state index contributed by atoms with van der Waals surface area (Å²) in [6, 6.07) is 0. The molecule has 18 heavy (non-hydrogen) atoms. The van der Waals surface area contributed by atoms with Gasteiger partial charge < -0.3 is 14.6 Å². The van der Waals surface area contributed by atoms with Gasteiger partial charge in [0.25, 0.3) is 0 Å². The largest absolute Gasteiger partial charge is 0.378 e. The molecule has 3 atom stereocenters. The Balaban J connectivity index is 1.59. The molecular weight excluding hydrogens is 230 g/mol. The van der Waals surface area contributed by atoms with E-state index in [1.165, 1.54) is 12.8 Å². The zero-order valence-corrected chi connectivity index (χ0v) is 10.9. The van der Waals surface area contributed by atoms with Crippen molar-refractivity contribution >= 4 is 0 Å². The highest BCUT2D eigenvalue weighted by molar-refractivity contribution is 4.98. The molecule has 3 unspecified atom stereocenters.